The van der Waals surface area contributed by atoms with Crippen LogP contribution in [-0.2, 0) is 4.74 Å². The van der Waals surface area contributed by atoms with Gasteiger partial charge < -0.3 is 4.74 Å². The fraction of sp³-hybridized carbons (Fsp3) is 0.667. The topological polar surface area (TPSA) is 51.2 Å². The van der Waals surface area contributed by atoms with E-state index in [4.69, 9.17) is 4.74 Å². The smallest absolute Gasteiger partial charge is 0.411 e. The van der Waals surface area contributed by atoms with E-state index in [1.54, 1.807) is 24.5 Å². The summed E-state index contributed by atoms with van der Waals surface area (Å²) in [6.45, 7) is 9.27. The first-order valence-corrected chi connectivity index (χ1v) is 8.31. The molecule has 1 aromatic rings. The number of nitrogens with one attached hydrogen (secondary N) is 1. The van der Waals surface area contributed by atoms with Gasteiger partial charge in [-0.05, 0) is 55.1 Å². The van der Waals surface area contributed by atoms with E-state index in [-0.39, 0.29) is 12.2 Å². The van der Waals surface area contributed by atoms with Gasteiger partial charge in [0.1, 0.15) is 6.10 Å². The number of pyridine rings is 1. The highest BCUT2D eigenvalue weighted by Gasteiger charge is 2.41. The van der Waals surface area contributed by atoms with Crippen molar-refractivity contribution in [1.29, 1.82) is 0 Å². The van der Waals surface area contributed by atoms with Crippen LogP contribution in [0.2, 0.25) is 0 Å². The first-order valence-electron chi connectivity index (χ1n) is 8.31. The van der Waals surface area contributed by atoms with Gasteiger partial charge >= 0.3 is 6.09 Å². The van der Waals surface area contributed by atoms with Gasteiger partial charge in [0, 0.05) is 18.1 Å². The second-order valence-corrected chi connectivity index (χ2v) is 7.01. The van der Waals surface area contributed by atoms with Crippen LogP contribution in [0.5, 0.6) is 0 Å². The highest BCUT2D eigenvalue weighted by Crippen LogP contribution is 2.48. The molecule has 1 saturated carbocycles. The van der Waals surface area contributed by atoms with Crippen LogP contribution >= 0.6 is 0 Å². The van der Waals surface area contributed by atoms with E-state index in [9.17, 15) is 4.79 Å². The minimum Gasteiger partial charge on any atom is -0.446 e. The number of carbonyl (C=O) groups is 1. The fourth-order valence-electron chi connectivity index (χ4n) is 3.80. The normalized spacial score (nSPS) is 18.5. The second-order valence-electron chi connectivity index (χ2n) is 7.01. The maximum absolute atomic E-state index is 12.0. The first-order chi connectivity index (χ1) is 10.4. The number of anilines is 1. The first kappa shape index (κ1) is 16.8. The van der Waals surface area contributed by atoms with Crippen LogP contribution in [-0.4, -0.2) is 17.2 Å². The molecule has 1 amide bonds. The molecule has 1 N–H and O–H groups in total. The van der Waals surface area contributed by atoms with Crippen LogP contribution in [0.4, 0.5) is 10.5 Å². The Morgan fingerprint density at radius 2 is 1.73 bits per heavy atom. The molecule has 4 heteroatoms. The van der Waals surface area contributed by atoms with Crippen LogP contribution < -0.4 is 5.32 Å². The number of hydrogen-bond acceptors (Lipinski definition) is 3. The number of carbonyl (C=O) groups excluding carboxylic acids is 1. The van der Waals surface area contributed by atoms with Crippen LogP contribution in [0.15, 0.2) is 24.5 Å². The Labute approximate surface area is 133 Å². The molecule has 122 valence electrons. The van der Waals surface area contributed by atoms with Crippen molar-refractivity contribution in [3.63, 3.8) is 0 Å². The number of ether oxygens (including phenoxy) is 1. The summed E-state index contributed by atoms with van der Waals surface area (Å²) >= 11 is 0. The van der Waals surface area contributed by atoms with Gasteiger partial charge in [-0.25, -0.2) is 4.79 Å². The molecule has 1 fully saturated rings. The molecule has 0 atom stereocenters. The summed E-state index contributed by atoms with van der Waals surface area (Å²) in [5.74, 6) is 1.33. The lowest BCUT2D eigenvalue weighted by molar-refractivity contribution is -0.00353. The zero-order valence-corrected chi connectivity index (χ0v) is 14.1. The van der Waals surface area contributed by atoms with Crippen molar-refractivity contribution < 1.29 is 9.53 Å². The van der Waals surface area contributed by atoms with Gasteiger partial charge in [0.15, 0.2) is 0 Å². The van der Waals surface area contributed by atoms with E-state index in [0.29, 0.717) is 17.3 Å². The molecule has 0 radical (unpaired) electrons. The highest BCUT2D eigenvalue weighted by atomic mass is 16.6. The third-order valence-corrected chi connectivity index (χ3v) is 5.36. The Bertz CT molecular complexity index is 467. The van der Waals surface area contributed by atoms with Crippen molar-refractivity contribution in [1.82, 2.24) is 4.98 Å². The number of nitrogens with zero attached hydrogens (tertiary/aromatic N) is 1. The van der Waals surface area contributed by atoms with Crippen molar-refractivity contribution in [2.24, 2.45) is 17.3 Å². The maximum atomic E-state index is 12.0. The zero-order valence-electron chi connectivity index (χ0n) is 14.1. The number of rotatable bonds is 4. The molecule has 0 aliphatic heterocycles. The van der Waals surface area contributed by atoms with Gasteiger partial charge in [-0.15, -0.1) is 0 Å². The molecule has 1 aromatic heterocycles. The Kier molecular flexibility index (Phi) is 5.43. The van der Waals surface area contributed by atoms with E-state index in [2.05, 4.69) is 38.0 Å². The molecular formula is C18H28N2O2. The predicted molar refractivity (Wildman–Crippen MR) is 88.7 cm³/mol. The average Bonchev–Trinajstić information content (AvgIpc) is 2.48. The maximum Gasteiger partial charge on any atom is 0.411 e. The van der Waals surface area contributed by atoms with E-state index in [1.165, 1.54) is 0 Å². The summed E-state index contributed by atoms with van der Waals surface area (Å²) in [5.41, 5.74) is 1.11. The third-order valence-electron chi connectivity index (χ3n) is 5.36. The molecular weight excluding hydrogens is 276 g/mol. The average molecular weight is 304 g/mol. The van der Waals surface area contributed by atoms with Gasteiger partial charge in [0.05, 0.1) is 0 Å². The molecule has 4 nitrogen and oxygen atoms in total. The number of hydrogen-bond donors (Lipinski definition) is 1. The SMILES string of the molecule is CC(C)C1(C(C)C)CCC(OC(=O)Nc2ccncc2)CC1. The Hall–Kier alpha value is -1.58. The molecule has 22 heavy (non-hydrogen) atoms. The largest absolute Gasteiger partial charge is 0.446 e. The molecule has 0 spiro atoms. The van der Waals surface area contributed by atoms with Gasteiger partial charge in [0.25, 0.3) is 0 Å². The summed E-state index contributed by atoms with van der Waals surface area (Å²) in [4.78, 5) is 15.9. The van der Waals surface area contributed by atoms with Crippen LogP contribution in [0.25, 0.3) is 0 Å². The molecule has 0 unspecified atom stereocenters. The van der Waals surface area contributed by atoms with Gasteiger partial charge in [0.2, 0.25) is 0 Å². The van der Waals surface area contributed by atoms with Crippen LogP contribution in [0.3, 0.4) is 0 Å². The highest BCUT2D eigenvalue weighted by molar-refractivity contribution is 5.84. The lowest BCUT2D eigenvalue weighted by atomic mass is 9.60. The molecule has 2 rings (SSSR count). The van der Waals surface area contributed by atoms with Crippen LogP contribution in [0.1, 0.15) is 53.4 Å². The quantitative estimate of drug-likeness (QED) is 0.863. The third kappa shape index (κ3) is 3.79. The molecule has 0 bridgehead atoms. The van der Waals surface area contributed by atoms with Crippen molar-refractivity contribution in [3.05, 3.63) is 24.5 Å². The Balaban J connectivity index is 1.86. The lowest BCUT2D eigenvalue weighted by Gasteiger charge is -2.46. The molecule has 0 aromatic carbocycles. The van der Waals surface area contributed by atoms with E-state index in [0.717, 1.165) is 31.4 Å². The number of aromatic nitrogens is 1. The molecule has 1 heterocycles. The van der Waals surface area contributed by atoms with Gasteiger partial charge in [-0.1, -0.05) is 27.7 Å². The minimum absolute atomic E-state index is 0.0347. The van der Waals surface area contributed by atoms with Crippen molar-refractivity contribution in [2.45, 2.75) is 59.5 Å². The van der Waals surface area contributed by atoms with Crippen molar-refractivity contribution in [2.75, 3.05) is 5.32 Å². The van der Waals surface area contributed by atoms with E-state index in [1.807, 2.05) is 0 Å². The fourth-order valence-corrected chi connectivity index (χ4v) is 3.80. The lowest BCUT2D eigenvalue weighted by Crippen LogP contribution is -2.40. The molecule has 1 aliphatic rings. The number of amides is 1. The zero-order chi connectivity index (χ0) is 16.2. The summed E-state index contributed by atoms with van der Waals surface area (Å²) < 4.78 is 5.58. The minimum atomic E-state index is -0.363. The predicted octanol–water partition coefficient (Wildman–Crippen LogP) is 4.87. The second kappa shape index (κ2) is 7.12. The summed E-state index contributed by atoms with van der Waals surface area (Å²) in [7, 11) is 0. The summed E-state index contributed by atoms with van der Waals surface area (Å²) in [5, 5.41) is 2.75. The van der Waals surface area contributed by atoms with E-state index < -0.39 is 0 Å². The van der Waals surface area contributed by atoms with Gasteiger partial charge in [-0.3, -0.25) is 10.3 Å². The van der Waals surface area contributed by atoms with Crippen LogP contribution in [0, 0.1) is 17.3 Å². The Morgan fingerprint density at radius 1 is 1.18 bits per heavy atom. The van der Waals surface area contributed by atoms with E-state index >= 15 is 0 Å². The van der Waals surface area contributed by atoms with Crippen molar-refractivity contribution in [3.8, 4) is 0 Å². The van der Waals surface area contributed by atoms with Gasteiger partial charge in [-0.2, -0.15) is 0 Å². The monoisotopic (exact) mass is 304 g/mol. The standard InChI is InChI=1S/C18H28N2O2/c1-13(2)18(14(3)4)9-5-16(6-10-18)22-17(21)20-15-7-11-19-12-8-15/h7-8,11-14,16H,5-6,9-10H2,1-4H3,(H,19,20,21). The molecule has 1 aliphatic carbocycles. The Morgan fingerprint density at radius 3 is 2.23 bits per heavy atom. The molecule has 0 saturated heterocycles. The summed E-state index contributed by atoms with van der Waals surface area (Å²) in [6, 6.07) is 3.51. The van der Waals surface area contributed by atoms with Crippen molar-refractivity contribution >= 4 is 11.8 Å². The summed E-state index contributed by atoms with van der Waals surface area (Å²) in [6.07, 6.45) is 7.15.